The van der Waals surface area contributed by atoms with Crippen LogP contribution in [0.15, 0.2) is 36.4 Å². The van der Waals surface area contributed by atoms with Crippen LogP contribution in [0.2, 0.25) is 0 Å². The van der Waals surface area contributed by atoms with E-state index in [9.17, 15) is 9.59 Å². The topological polar surface area (TPSA) is 66.8 Å². The number of carboxylic acid groups (broad SMARTS) is 1. The molecule has 2 rings (SSSR count). The molecule has 118 valence electrons. The van der Waals surface area contributed by atoms with Crippen molar-refractivity contribution in [1.29, 1.82) is 0 Å². The third kappa shape index (κ3) is 5.33. The third-order valence-electron chi connectivity index (χ3n) is 3.53. The molecule has 22 heavy (non-hydrogen) atoms. The average Bonchev–Trinajstić information content (AvgIpc) is 2.52. The van der Waals surface area contributed by atoms with Crippen LogP contribution in [0.4, 0.5) is 0 Å². The van der Waals surface area contributed by atoms with Crippen molar-refractivity contribution in [2.75, 3.05) is 19.7 Å². The lowest BCUT2D eigenvalue weighted by molar-refractivity contribution is -0.147. The van der Waals surface area contributed by atoms with Crippen molar-refractivity contribution < 1.29 is 19.4 Å². The average molecular weight is 303 g/mol. The van der Waals surface area contributed by atoms with Gasteiger partial charge in [0.1, 0.15) is 0 Å². The van der Waals surface area contributed by atoms with Gasteiger partial charge in [-0.05, 0) is 12.0 Å². The Morgan fingerprint density at radius 3 is 2.82 bits per heavy atom. The van der Waals surface area contributed by atoms with Gasteiger partial charge in [0.25, 0.3) is 0 Å². The minimum Gasteiger partial charge on any atom is -0.481 e. The minimum absolute atomic E-state index is 0.0522. The predicted molar refractivity (Wildman–Crippen MR) is 83.3 cm³/mol. The van der Waals surface area contributed by atoms with Gasteiger partial charge >= 0.3 is 5.97 Å². The van der Waals surface area contributed by atoms with E-state index in [4.69, 9.17) is 9.84 Å². The molecule has 0 saturated carbocycles. The Morgan fingerprint density at radius 2 is 2.09 bits per heavy atom. The molecule has 1 N–H and O–H groups in total. The molecule has 1 aliphatic rings. The third-order valence-corrected chi connectivity index (χ3v) is 3.53. The van der Waals surface area contributed by atoms with Gasteiger partial charge in [0.15, 0.2) is 0 Å². The molecule has 0 aliphatic carbocycles. The van der Waals surface area contributed by atoms with Gasteiger partial charge in [-0.2, -0.15) is 0 Å². The van der Waals surface area contributed by atoms with E-state index in [2.05, 4.69) is 0 Å². The van der Waals surface area contributed by atoms with Crippen LogP contribution in [0.5, 0.6) is 0 Å². The first-order chi connectivity index (χ1) is 10.6. The summed E-state index contributed by atoms with van der Waals surface area (Å²) < 4.78 is 5.36. The number of hydrogen-bond acceptors (Lipinski definition) is 3. The Kier molecular flexibility index (Phi) is 6.15. The second-order valence-corrected chi connectivity index (χ2v) is 5.28. The largest absolute Gasteiger partial charge is 0.481 e. The number of nitrogens with zero attached hydrogens (tertiary/aromatic N) is 1. The van der Waals surface area contributed by atoms with Crippen LogP contribution in [-0.2, 0) is 14.3 Å². The second kappa shape index (κ2) is 8.34. The number of carbonyl (C=O) groups excluding carboxylic acids is 1. The fourth-order valence-electron chi connectivity index (χ4n) is 2.41. The molecule has 5 nitrogen and oxygen atoms in total. The molecule has 1 heterocycles. The zero-order valence-corrected chi connectivity index (χ0v) is 12.5. The Bertz CT molecular complexity index is 527. The Labute approximate surface area is 130 Å². The van der Waals surface area contributed by atoms with Gasteiger partial charge in [0.2, 0.25) is 5.91 Å². The number of aliphatic carboxylic acids is 1. The fourth-order valence-corrected chi connectivity index (χ4v) is 2.41. The number of carbonyl (C=O) groups is 2. The first-order valence-corrected chi connectivity index (χ1v) is 7.48. The molecule has 1 saturated heterocycles. The molecular formula is C17H21NO4. The highest BCUT2D eigenvalue weighted by molar-refractivity contribution is 5.76. The molecule has 1 aromatic rings. The van der Waals surface area contributed by atoms with E-state index in [1.165, 1.54) is 0 Å². The fraction of sp³-hybridized carbons (Fsp3) is 0.412. The summed E-state index contributed by atoms with van der Waals surface area (Å²) in [5, 5.41) is 8.78. The monoisotopic (exact) mass is 303 g/mol. The zero-order chi connectivity index (χ0) is 15.8. The van der Waals surface area contributed by atoms with Crippen molar-refractivity contribution in [2.24, 2.45) is 0 Å². The van der Waals surface area contributed by atoms with Crippen molar-refractivity contribution in [2.45, 2.75) is 25.4 Å². The lowest BCUT2D eigenvalue weighted by Gasteiger charge is -2.32. The van der Waals surface area contributed by atoms with Crippen LogP contribution in [0.3, 0.4) is 0 Å². The number of amides is 1. The summed E-state index contributed by atoms with van der Waals surface area (Å²) in [6.45, 7) is 1.31. The summed E-state index contributed by atoms with van der Waals surface area (Å²) in [7, 11) is 0. The molecule has 0 radical (unpaired) electrons. The highest BCUT2D eigenvalue weighted by Crippen LogP contribution is 2.11. The maximum atomic E-state index is 12.1. The van der Waals surface area contributed by atoms with E-state index in [0.29, 0.717) is 32.5 Å². The summed E-state index contributed by atoms with van der Waals surface area (Å²) >= 11 is 0. The van der Waals surface area contributed by atoms with Crippen LogP contribution < -0.4 is 0 Å². The molecular weight excluding hydrogens is 282 g/mol. The standard InChI is InChI=1S/C17H21NO4/c19-16(9-5-4-8-14-6-2-1-3-7-14)18-10-11-22-15(13-18)12-17(20)21/h1-4,6-8,15H,5,9-13H2,(H,20,21)/b8-4+. The summed E-state index contributed by atoms with van der Waals surface area (Å²) in [6, 6.07) is 9.93. The number of carboxylic acids is 1. The molecule has 0 spiro atoms. The van der Waals surface area contributed by atoms with E-state index in [1.807, 2.05) is 42.5 Å². The maximum absolute atomic E-state index is 12.1. The van der Waals surface area contributed by atoms with Crippen LogP contribution >= 0.6 is 0 Å². The molecule has 1 aliphatic heterocycles. The van der Waals surface area contributed by atoms with Crippen LogP contribution in [0.1, 0.15) is 24.8 Å². The highest BCUT2D eigenvalue weighted by atomic mass is 16.5. The quantitative estimate of drug-likeness (QED) is 0.874. The smallest absolute Gasteiger partial charge is 0.306 e. The number of allylic oxidation sites excluding steroid dienone is 1. The maximum Gasteiger partial charge on any atom is 0.306 e. The molecule has 1 amide bonds. The zero-order valence-electron chi connectivity index (χ0n) is 12.5. The summed E-state index contributed by atoms with van der Waals surface area (Å²) in [4.78, 5) is 24.5. The van der Waals surface area contributed by atoms with Gasteiger partial charge in [-0.1, -0.05) is 42.5 Å². The van der Waals surface area contributed by atoms with E-state index in [1.54, 1.807) is 4.90 Å². The van der Waals surface area contributed by atoms with Gasteiger partial charge in [-0.15, -0.1) is 0 Å². The molecule has 1 fully saturated rings. The van der Waals surface area contributed by atoms with Crippen molar-refractivity contribution >= 4 is 18.0 Å². The first kappa shape index (κ1) is 16.2. The van der Waals surface area contributed by atoms with Crippen molar-refractivity contribution in [3.05, 3.63) is 42.0 Å². The van der Waals surface area contributed by atoms with Gasteiger partial charge in [-0.25, -0.2) is 0 Å². The molecule has 1 aromatic carbocycles. The predicted octanol–water partition coefficient (Wildman–Crippen LogP) is 2.18. The number of rotatable bonds is 6. The lowest BCUT2D eigenvalue weighted by Crippen LogP contribution is -2.46. The number of benzene rings is 1. The van der Waals surface area contributed by atoms with Crippen LogP contribution in [0.25, 0.3) is 6.08 Å². The Morgan fingerprint density at radius 1 is 1.32 bits per heavy atom. The second-order valence-electron chi connectivity index (χ2n) is 5.28. The van der Waals surface area contributed by atoms with E-state index in [-0.39, 0.29) is 12.3 Å². The molecule has 0 bridgehead atoms. The Balaban J connectivity index is 1.74. The van der Waals surface area contributed by atoms with Crippen LogP contribution in [-0.4, -0.2) is 47.7 Å². The van der Waals surface area contributed by atoms with E-state index in [0.717, 1.165) is 5.56 Å². The Hall–Kier alpha value is -2.14. The first-order valence-electron chi connectivity index (χ1n) is 7.48. The van der Waals surface area contributed by atoms with Gasteiger partial charge < -0.3 is 14.7 Å². The molecule has 0 aromatic heterocycles. The van der Waals surface area contributed by atoms with Crippen LogP contribution in [0, 0.1) is 0 Å². The van der Waals surface area contributed by atoms with E-state index < -0.39 is 12.1 Å². The number of hydrogen-bond donors (Lipinski definition) is 1. The minimum atomic E-state index is -0.898. The number of ether oxygens (including phenoxy) is 1. The van der Waals surface area contributed by atoms with Gasteiger partial charge in [0, 0.05) is 19.5 Å². The number of morpholine rings is 1. The summed E-state index contributed by atoms with van der Waals surface area (Å²) in [6.07, 6.45) is 4.65. The molecule has 5 heteroatoms. The highest BCUT2D eigenvalue weighted by Gasteiger charge is 2.25. The van der Waals surface area contributed by atoms with Gasteiger partial charge in [-0.3, -0.25) is 9.59 Å². The normalized spacial score (nSPS) is 18.5. The SMILES string of the molecule is O=C(O)CC1CN(C(=O)CC/C=C/c2ccccc2)CCO1. The summed E-state index contributed by atoms with van der Waals surface area (Å²) in [5.41, 5.74) is 1.11. The molecule has 1 atom stereocenters. The van der Waals surface area contributed by atoms with E-state index >= 15 is 0 Å². The van der Waals surface area contributed by atoms with Crippen molar-refractivity contribution in [3.63, 3.8) is 0 Å². The van der Waals surface area contributed by atoms with Crippen molar-refractivity contribution in [3.8, 4) is 0 Å². The molecule has 1 unspecified atom stereocenters. The summed E-state index contributed by atoms with van der Waals surface area (Å²) in [5.74, 6) is -0.846. The lowest BCUT2D eigenvalue weighted by atomic mass is 10.1. The van der Waals surface area contributed by atoms with Crippen molar-refractivity contribution in [1.82, 2.24) is 4.90 Å². The van der Waals surface area contributed by atoms with Gasteiger partial charge in [0.05, 0.1) is 19.1 Å².